The molecule has 1 aromatic rings. The first-order valence-electron chi connectivity index (χ1n) is 5.67. The third kappa shape index (κ3) is 3.54. The normalized spacial score (nSPS) is 17.7. The molecule has 1 N–H and O–H groups in total. The highest BCUT2D eigenvalue weighted by Crippen LogP contribution is 2.20. The first-order valence-corrected chi connectivity index (χ1v) is 6.89. The molecule has 1 aliphatic carbocycles. The highest BCUT2D eigenvalue weighted by molar-refractivity contribution is 7.98. The molecule has 0 spiro atoms. The van der Waals surface area contributed by atoms with Crippen LogP contribution >= 0.6 is 11.8 Å². The van der Waals surface area contributed by atoms with Crippen LogP contribution in [0.15, 0.2) is 29.2 Å². The Kier molecular flexibility index (Phi) is 3.71. The van der Waals surface area contributed by atoms with Crippen LogP contribution in [0.2, 0.25) is 0 Å². The molecule has 82 valence electrons. The zero-order valence-electron chi connectivity index (χ0n) is 9.49. The van der Waals surface area contributed by atoms with Crippen molar-refractivity contribution in [3.8, 4) is 0 Å². The van der Waals surface area contributed by atoms with Gasteiger partial charge in [-0.2, -0.15) is 0 Å². The Bertz CT molecular complexity index is 303. The number of nitrogens with one attached hydrogen (secondary N) is 1. The lowest BCUT2D eigenvalue weighted by molar-refractivity contribution is 0.542. The average Bonchev–Trinajstić information content (AvgIpc) is 3.03. The summed E-state index contributed by atoms with van der Waals surface area (Å²) in [6, 6.07) is 10.3. The lowest BCUT2D eigenvalue weighted by Crippen LogP contribution is -2.29. The van der Waals surface area contributed by atoms with Crippen molar-refractivity contribution in [3.05, 3.63) is 29.8 Å². The SMILES string of the molecule is CSc1ccc(CC(C)NC2CC2)cc1. The van der Waals surface area contributed by atoms with Gasteiger partial charge in [-0.15, -0.1) is 11.8 Å². The van der Waals surface area contributed by atoms with Gasteiger partial charge in [0.05, 0.1) is 0 Å². The van der Waals surface area contributed by atoms with E-state index in [1.165, 1.54) is 23.3 Å². The maximum absolute atomic E-state index is 3.63. The van der Waals surface area contributed by atoms with Crippen LogP contribution in [0.3, 0.4) is 0 Å². The number of hydrogen-bond donors (Lipinski definition) is 1. The molecule has 0 aromatic heterocycles. The van der Waals surface area contributed by atoms with Crippen molar-refractivity contribution in [1.29, 1.82) is 0 Å². The summed E-state index contributed by atoms with van der Waals surface area (Å²) in [6.45, 7) is 2.28. The van der Waals surface area contributed by atoms with Gasteiger partial charge >= 0.3 is 0 Å². The molecular formula is C13H19NS. The third-order valence-corrected chi connectivity index (χ3v) is 3.54. The van der Waals surface area contributed by atoms with Crippen LogP contribution in [0, 0.1) is 0 Å². The van der Waals surface area contributed by atoms with E-state index in [0.29, 0.717) is 6.04 Å². The second-order valence-electron chi connectivity index (χ2n) is 4.39. The van der Waals surface area contributed by atoms with E-state index in [-0.39, 0.29) is 0 Å². The molecule has 0 bridgehead atoms. The van der Waals surface area contributed by atoms with Crippen LogP contribution in [0.1, 0.15) is 25.3 Å². The Balaban J connectivity index is 1.85. The highest BCUT2D eigenvalue weighted by atomic mass is 32.2. The van der Waals surface area contributed by atoms with Gasteiger partial charge in [0, 0.05) is 17.0 Å². The minimum absolute atomic E-state index is 0.609. The Morgan fingerprint density at radius 1 is 1.33 bits per heavy atom. The van der Waals surface area contributed by atoms with E-state index in [0.717, 1.165) is 12.5 Å². The average molecular weight is 221 g/mol. The maximum Gasteiger partial charge on any atom is 0.00817 e. The topological polar surface area (TPSA) is 12.0 Å². The summed E-state index contributed by atoms with van der Waals surface area (Å²) in [6.07, 6.45) is 6.00. The van der Waals surface area contributed by atoms with E-state index >= 15 is 0 Å². The number of rotatable bonds is 5. The molecule has 2 rings (SSSR count). The molecule has 0 amide bonds. The van der Waals surface area contributed by atoms with Crippen LogP contribution in [-0.2, 0) is 6.42 Å². The van der Waals surface area contributed by atoms with E-state index in [2.05, 4.69) is 42.8 Å². The Hall–Kier alpha value is -0.470. The van der Waals surface area contributed by atoms with Crippen molar-refractivity contribution in [2.45, 2.75) is 43.2 Å². The summed E-state index contributed by atoms with van der Waals surface area (Å²) < 4.78 is 0. The Morgan fingerprint density at radius 2 is 2.00 bits per heavy atom. The number of benzene rings is 1. The van der Waals surface area contributed by atoms with Crippen LogP contribution in [0.5, 0.6) is 0 Å². The minimum Gasteiger partial charge on any atom is -0.311 e. The van der Waals surface area contributed by atoms with Crippen LogP contribution in [0.25, 0.3) is 0 Å². The van der Waals surface area contributed by atoms with Gasteiger partial charge in [0.15, 0.2) is 0 Å². The van der Waals surface area contributed by atoms with Gasteiger partial charge in [-0.25, -0.2) is 0 Å². The Morgan fingerprint density at radius 3 is 2.53 bits per heavy atom. The lowest BCUT2D eigenvalue weighted by Gasteiger charge is -2.13. The van der Waals surface area contributed by atoms with Gasteiger partial charge in [-0.1, -0.05) is 12.1 Å². The largest absolute Gasteiger partial charge is 0.311 e. The predicted octanol–water partition coefficient (Wildman–Crippen LogP) is 3.09. The van der Waals surface area contributed by atoms with E-state index in [1.807, 2.05) is 0 Å². The summed E-state index contributed by atoms with van der Waals surface area (Å²) in [5, 5.41) is 3.63. The molecular weight excluding hydrogens is 202 g/mol. The molecule has 1 aliphatic rings. The van der Waals surface area contributed by atoms with Gasteiger partial charge in [0.25, 0.3) is 0 Å². The van der Waals surface area contributed by atoms with Crippen LogP contribution in [-0.4, -0.2) is 18.3 Å². The van der Waals surface area contributed by atoms with E-state index in [4.69, 9.17) is 0 Å². The van der Waals surface area contributed by atoms with Crippen molar-refractivity contribution in [3.63, 3.8) is 0 Å². The van der Waals surface area contributed by atoms with Crippen molar-refractivity contribution in [2.75, 3.05) is 6.26 Å². The van der Waals surface area contributed by atoms with Crippen molar-refractivity contribution in [1.82, 2.24) is 5.32 Å². The monoisotopic (exact) mass is 221 g/mol. The first kappa shape index (κ1) is 11.0. The van der Waals surface area contributed by atoms with Gasteiger partial charge in [-0.3, -0.25) is 0 Å². The predicted molar refractivity (Wildman–Crippen MR) is 67.5 cm³/mol. The van der Waals surface area contributed by atoms with Crippen molar-refractivity contribution < 1.29 is 0 Å². The van der Waals surface area contributed by atoms with Crippen molar-refractivity contribution >= 4 is 11.8 Å². The van der Waals surface area contributed by atoms with E-state index in [1.54, 1.807) is 11.8 Å². The molecule has 0 aliphatic heterocycles. The number of thioether (sulfide) groups is 1. The second-order valence-corrected chi connectivity index (χ2v) is 5.27. The maximum atomic E-state index is 3.63. The van der Waals surface area contributed by atoms with Crippen LogP contribution < -0.4 is 5.32 Å². The fourth-order valence-electron chi connectivity index (χ4n) is 1.83. The van der Waals surface area contributed by atoms with E-state index < -0.39 is 0 Å². The lowest BCUT2D eigenvalue weighted by atomic mass is 10.1. The quantitative estimate of drug-likeness (QED) is 0.767. The van der Waals surface area contributed by atoms with Gasteiger partial charge in [-0.05, 0) is 50.1 Å². The molecule has 15 heavy (non-hydrogen) atoms. The summed E-state index contributed by atoms with van der Waals surface area (Å²) in [5.74, 6) is 0. The van der Waals surface area contributed by atoms with Crippen molar-refractivity contribution in [2.24, 2.45) is 0 Å². The zero-order chi connectivity index (χ0) is 10.7. The standard InChI is InChI=1S/C13H19NS/c1-10(14-12-5-6-12)9-11-3-7-13(15-2)8-4-11/h3-4,7-8,10,12,14H,5-6,9H2,1-2H3. The Labute approximate surface area is 96.7 Å². The molecule has 2 heteroatoms. The smallest absolute Gasteiger partial charge is 0.00817 e. The summed E-state index contributed by atoms with van der Waals surface area (Å²) in [7, 11) is 0. The fraction of sp³-hybridized carbons (Fsp3) is 0.538. The molecule has 1 unspecified atom stereocenters. The third-order valence-electron chi connectivity index (χ3n) is 2.80. The fourth-order valence-corrected chi connectivity index (χ4v) is 2.23. The molecule has 1 saturated carbocycles. The highest BCUT2D eigenvalue weighted by Gasteiger charge is 2.22. The van der Waals surface area contributed by atoms with Crippen LogP contribution in [0.4, 0.5) is 0 Å². The molecule has 1 fully saturated rings. The van der Waals surface area contributed by atoms with Gasteiger partial charge < -0.3 is 5.32 Å². The van der Waals surface area contributed by atoms with Gasteiger partial charge in [0.1, 0.15) is 0 Å². The molecule has 1 atom stereocenters. The number of hydrogen-bond acceptors (Lipinski definition) is 2. The van der Waals surface area contributed by atoms with Gasteiger partial charge in [0.2, 0.25) is 0 Å². The van der Waals surface area contributed by atoms with E-state index in [9.17, 15) is 0 Å². The summed E-state index contributed by atoms with van der Waals surface area (Å²) in [4.78, 5) is 1.35. The minimum atomic E-state index is 0.609. The first-order chi connectivity index (χ1) is 7.28. The summed E-state index contributed by atoms with van der Waals surface area (Å²) >= 11 is 1.80. The summed E-state index contributed by atoms with van der Waals surface area (Å²) in [5.41, 5.74) is 1.44. The molecule has 1 aromatic carbocycles. The molecule has 0 radical (unpaired) electrons. The second kappa shape index (κ2) is 5.04. The molecule has 0 heterocycles. The molecule has 0 saturated heterocycles. The molecule has 1 nitrogen and oxygen atoms in total. The zero-order valence-corrected chi connectivity index (χ0v) is 10.3.